The fraction of sp³-hybridized carbons (Fsp3) is 0.353. The second-order valence-electron chi connectivity index (χ2n) is 5.88. The van der Waals surface area contributed by atoms with E-state index in [9.17, 15) is 9.18 Å². The highest BCUT2D eigenvalue weighted by molar-refractivity contribution is 5.79. The van der Waals surface area contributed by atoms with Crippen LogP contribution in [0, 0.1) is 5.82 Å². The second kappa shape index (κ2) is 5.95. The molecule has 0 saturated carbocycles. The van der Waals surface area contributed by atoms with Crippen molar-refractivity contribution in [3.63, 3.8) is 0 Å². The molecule has 120 valence electrons. The van der Waals surface area contributed by atoms with E-state index in [4.69, 9.17) is 0 Å². The molecule has 1 aromatic carbocycles. The number of fused-ring (bicyclic) bond motifs is 1. The molecule has 23 heavy (non-hydrogen) atoms. The summed E-state index contributed by atoms with van der Waals surface area (Å²) >= 11 is 0. The minimum atomic E-state index is -0.323. The monoisotopic (exact) mass is 314 g/mol. The van der Waals surface area contributed by atoms with Gasteiger partial charge in [-0.15, -0.1) is 0 Å². The maximum atomic E-state index is 13.1. The van der Waals surface area contributed by atoms with Gasteiger partial charge >= 0.3 is 0 Å². The second-order valence-corrected chi connectivity index (χ2v) is 5.88. The first-order valence-electron chi connectivity index (χ1n) is 7.78. The number of benzene rings is 1. The summed E-state index contributed by atoms with van der Waals surface area (Å²) in [5.74, 6) is 0.266. The third kappa shape index (κ3) is 2.76. The molecule has 1 N–H and O–H groups in total. The smallest absolute Gasteiger partial charge is 0.277 e. The van der Waals surface area contributed by atoms with Crippen molar-refractivity contribution in [2.75, 3.05) is 0 Å². The first kappa shape index (κ1) is 15.4. The Kier molecular flexibility index (Phi) is 3.98. The van der Waals surface area contributed by atoms with Gasteiger partial charge in [0.25, 0.3) is 5.56 Å². The minimum absolute atomic E-state index is 0.158. The lowest BCUT2D eigenvalue weighted by molar-refractivity contribution is 0.603. The first-order chi connectivity index (χ1) is 11.0. The average Bonchev–Trinajstić information content (AvgIpc) is 2.88. The van der Waals surface area contributed by atoms with E-state index in [0.29, 0.717) is 29.0 Å². The Morgan fingerprint density at radius 2 is 1.96 bits per heavy atom. The number of rotatable bonds is 4. The lowest BCUT2D eigenvalue weighted by atomic mass is 10.1. The number of aromatic nitrogens is 4. The minimum Gasteiger partial charge on any atom is -0.305 e. The molecule has 5 nitrogen and oxygen atoms in total. The van der Waals surface area contributed by atoms with E-state index < -0.39 is 0 Å². The van der Waals surface area contributed by atoms with Crippen molar-refractivity contribution in [2.24, 2.45) is 0 Å². The Morgan fingerprint density at radius 3 is 2.57 bits per heavy atom. The van der Waals surface area contributed by atoms with Crippen LogP contribution >= 0.6 is 0 Å². The Hall–Kier alpha value is -2.50. The molecule has 3 aromatic rings. The van der Waals surface area contributed by atoms with Crippen molar-refractivity contribution in [1.82, 2.24) is 19.7 Å². The molecule has 0 atom stereocenters. The summed E-state index contributed by atoms with van der Waals surface area (Å²) < 4.78 is 14.8. The van der Waals surface area contributed by atoms with E-state index in [1.54, 1.807) is 16.8 Å². The van der Waals surface area contributed by atoms with Crippen LogP contribution in [0.25, 0.3) is 22.4 Å². The van der Waals surface area contributed by atoms with Crippen molar-refractivity contribution in [3.05, 3.63) is 46.1 Å². The third-order valence-electron chi connectivity index (χ3n) is 3.72. The standard InChI is InChI=1S/C17H19FN4O/c1-4-9-22-15-14(13(21-22)10(2)3)19-16(20-17(15)23)11-5-7-12(18)8-6-11/h5-8,10H,4,9H2,1-3H3,(H,19,20,23). The zero-order valence-corrected chi connectivity index (χ0v) is 13.4. The number of nitrogens with one attached hydrogen (secondary N) is 1. The number of aryl methyl sites for hydroxylation is 1. The summed E-state index contributed by atoms with van der Waals surface area (Å²) in [6.07, 6.45) is 0.882. The predicted octanol–water partition coefficient (Wildman–Crippen LogP) is 3.46. The fourth-order valence-corrected chi connectivity index (χ4v) is 2.62. The van der Waals surface area contributed by atoms with Gasteiger partial charge in [0, 0.05) is 12.1 Å². The van der Waals surface area contributed by atoms with Crippen LogP contribution < -0.4 is 5.56 Å². The highest BCUT2D eigenvalue weighted by Crippen LogP contribution is 2.23. The Bertz CT molecular complexity index is 893. The molecule has 0 unspecified atom stereocenters. The number of hydrogen-bond acceptors (Lipinski definition) is 3. The number of halogens is 1. The van der Waals surface area contributed by atoms with E-state index in [2.05, 4.69) is 15.1 Å². The van der Waals surface area contributed by atoms with Crippen molar-refractivity contribution in [2.45, 2.75) is 39.7 Å². The molecule has 2 aromatic heterocycles. The van der Waals surface area contributed by atoms with E-state index in [1.807, 2.05) is 20.8 Å². The topological polar surface area (TPSA) is 63.6 Å². The van der Waals surface area contributed by atoms with Crippen LogP contribution in [0.3, 0.4) is 0 Å². The van der Waals surface area contributed by atoms with Crippen molar-refractivity contribution in [3.8, 4) is 11.4 Å². The zero-order valence-electron chi connectivity index (χ0n) is 13.4. The van der Waals surface area contributed by atoms with Gasteiger partial charge in [0.15, 0.2) is 5.52 Å². The lowest BCUT2D eigenvalue weighted by Crippen LogP contribution is -2.14. The largest absolute Gasteiger partial charge is 0.305 e. The van der Waals surface area contributed by atoms with Gasteiger partial charge in [-0.2, -0.15) is 5.10 Å². The molecule has 0 aliphatic rings. The van der Waals surface area contributed by atoms with Crippen molar-refractivity contribution in [1.29, 1.82) is 0 Å². The fourth-order valence-electron chi connectivity index (χ4n) is 2.62. The maximum absolute atomic E-state index is 13.1. The molecule has 0 aliphatic carbocycles. The Morgan fingerprint density at radius 1 is 1.26 bits per heavy atom. The van der Waals surface area contributed by atoms with E-state index in [-0.39, 0.29) is 17.3 Å². The van der Waals surface area contributed by atoms with E-state index in [1.165, 1.54) is 12.1 Å². The van der Waals surface area contributed by atoms with Gasteiger partial charge in [-0.1, -0.05) is 20.8 Å². The summed E-state index contributed by atoms with van der Waals surface area (Å²) in [6, 6.07) is 5.91. The highest BCUT2D eigenvalue weighted by Gasteiger charge is 2.18. The number of H-pyrrole nitrogens is 1. The summed E-state index contributed by atoms with van der Waals surface area (Å²) in [6.45, 7) is 6.76. The summed E-state index contributed by atoms with van der Waals surface area (Å²) in [5, 5.41) is 4.56. The molecule has 0 radical (unpaired) electrons. The Labute approximate surface area is 133 Å². The van der Waals surface area contributed by atoms with Gasteiger partial charge in [-0.05, 0) is 36.6 Å². The highest BCUT2D eigenvalue weighted by atomic mass is 19.1. The van der Waals surface area contributed by atoms with Crippen LogP contribution in [0.4, 0.5) is 4.39 Å². The molecule has 0 saturated heterocycles. The zero-order chi connectivity index (χ0) is 16.6. The van der Waals surface area contributed by atoms with E-state index >= 15 is 0 Å². The van der Waals surface area contributed by atoms with Gasteiger partial charge in [0.1, 0.15) is 17.2 Å². The molecule has 0 fully saturated rings. The summed E-state index contributed by atoms with van der Waals surface area (Å²) in [5.41, 5.74) is 2.38. The number of hydrogen-bond donors (Lipinski definition) is 1. The lowest BCUT2D eigenvalue weighted by Gasteiger charge is -2.03. The van der Waals surface area contributed by atoms with Gasteiger partial charge in [0.2, 0.25) is 0 Å². The number of aromatic amines is 1. The van der Waals surface area contributed by atoms with Crippen LogP contribution in [0.5, 0.6) is 0 Å². The Balaban J connectivity index is 2.26. The molecular weight excluding hydrogens is 295 g/mol. The maximum Gasteiger partial charge on any atom is 0.277 e. The molecule has 0 amide bonds. The van der Waals surface area contributed by atoms with Crippen molar-refractivity contribution < 1.29 is 4.39 Å². The average molecular weight is 314 g/mol. The molecule has 0 spiro atoms. The van der Waals surface area contributed by atoms with Gasteiger partial charge in [0.05, 0.1) is 5.69 Å². The molecule has 3 rings (SSSR count). The molecule has 2 heterocycles. The van der Waals surface area contributed by atoms with Crippen molar-refractivity contribution >= 4 is 11.0 Å². The normalized spacial score (nSPS) is 11.5. The van der Waals surface area contributed by atoms with Crippen LogP contribution in [0.2, 0.25) is 0 Å². The van der Waals surface area contributed by atoms with E-state index in [0.717, 1.165) is 12.1 Å². The van der Waals surface area contributed by atoms with Crippen LogP contribution in [-0.4, -0.2) is 19.7 Å². The van der Waals surface area contributed by atoms with Gasteiger partial charge in [-0.25, -0.2) is 9.37 Å². The molecule has 0 bridgehead atoms. The third-order valence-corrected chi connectivity index (χ3v) is 3.72. The number of nitrogens with zero attached hydrogens (tertiary/aromatic N) is 3. The van der Waals surface area contributed by atoms with Crippen LogP contribution in [0.1, 0.15) is 38.8 Å². The molecule has 0 aliphatic heterocycles. The first-order valence-corrected chi connectivity index (χ1v) is 7.78. The van der Waals surface area contributed by atoms with Gasteiger partial charge < -0.3 is 4.98 Å². The van der Waals surface area contributed by atoms with Crippen LogP contribution in [-0.2, 0) is 6.54 Å². The predicted molar refractivity (Wildman–Crippen MR) is 87.9 cm³/mol. The van der Waals surface area contributed by atoms with Crippen LogP contribution in [0.15, 0.2) is 29.1 Å². The SMILES string of the molecule is CCCn1nc(C(C)C)c2nc(-c3ccc(F)cc3)[nH]c(=O)c21. The summed E-state index contributed by atoms with van der Waals surface area (Å²) in [7, 11) is 0. The summed E-state index contributed by atoms with van der Waals surface area (Å²) in [4.78, 5) is 19.9. The molecular formula is C17H19FN4O. The van der Waals surface area contributed by atoms with Gasteiger partial charge in [-0.3, -0.25) is 9.48 Å². The molecule has 6 heteroatoms. The quantitative estimate of drug-likeness (QED) is 0.802.